The normalized spacial score (nSPS) is 27.2. The summed E-state index contributed by atoms with van der Waals surface area (Å²) in [5.41, 5.74) is 4.54. The van der Waals surface area contributed by atoms with Crippen LogP contribution in [0.5, 0.6) is 0 Å². The number of imidazole rings is 1. The molecule has 0 aromatic carbocycles. The van der Waals surface area contributed by atoms with Gasteiger partial charge in [-0.25, -0.2) is 9.37 Å². The summed E-state index contributed by atoms with van der Waals surface area (Å²) in [6, 6.07) is 0. The highest BCUT2D eigenvalue weighted by molar-refractivity contribution is 6.33. The van der Waals surface area contributed by atoms with E-state index >= 15 is 0 Å². The first-order chi connectivity index (χ1) is 9.02. The van der Waals surface area contributed by atoms with E-state index in [0.717, 1.165) is 0 Å². The first kappa shape index (κ1) is 12.5. The van der Waals surface area contributed by atoms with Crippen LogP contribution in [0, 0.1) is 0 Å². The van der Waals surface area contributed by atoms with Crippen molar-refractivity contribution in [3.63, 3.8) is 0 Å². The lowest BCUT2D eigenvalue weighted by Gasteiger charge is -2.14. The molecule has 1 aliphatic rings. The van der Waals surface area contributed by atoms with E-state index in [2.05, 4.69) is 15.0 Å². The van der Waals surface area contributed by atoms with Gasteiger partial charge in [-0.15, -0.1) is 0 Å². The monoisotopic (exact) mass is 287 g/mol. The molecule has 0 spiro atoms. The molecule has 1 saturated heterocycles. The van der Waals surface area contributed by atoms with Crippen LogP contribution in [0.2, 0.25) is 5.15 Å². The van der Waals surface area contributed by atoms with E-state index < -0.39 is 18.5 Å². The highest BCUT2D eigenvalue weighted by atomic mass is 35.5. The van der Waals surface area contributed by atoms with E-state index in [1.807, 2.05) is 0 Å². The van der Waals surface area contributed by atoms with Gasteiger partial charge in [0.15, 0.2) is 16.5 Å². The molecule has 1 aliphatic heterocycles. The van der Waals surface area contributed by atoms with Crippen molar-refractivity contribution >= 4 is 28.7 Å². The molecule has 0 saturated carbocycles. The van der Waals surface area contributed by atoms with Gasteiger partial charge in [0.25, 0.3) is 0 Å². The summed E-state index contributed by atoms with van der Waals surface area (Å²) < 4.78 is 20.8. The minimum atomic E-state index is -1.75. The van der Waals surface area contributed by atoms with Gasteiger partial charge < -0.3 is 15.6 Å². The SMILES string of the molecule is Nc1nc(Cl)c2ncn(C3CC(F)(CO)CO3)c2n1. The molecule has 2 unspecified atom stereocenters. The van der Waals surface area contributed by atoms with Gasteiger partial charge in [0, 0.05) is 6.42 Å². The fourth-order valence-corrected chi connectivity index (χ4v) is 2.29. The molecule has 7 nitrogen and oxygen atoms in total. The lowest BCUT2D eigenvalue weighted by Crippen LogP contribution is -2.27. The van der Waals surface area contributed by atoms with E-state index in [0.29, 0.717) is 11.2 Å². The van der Waals surface area contributed by atoms with Gasteiger partial charge >= 0.3 is 0 Å². The van der Waals surface area contributed by atoms with Crippen molar-refractivity contribution in [2.45, 2.75) is 18.3 Å². The van der Waals surface area contributed by atoms with Gasteiger partial charge in [-0.1, -0.05) is 11.6 Å². The molecule has 2 atom stereocenters. The molecule has 1 fully saturated rings. The molecule has 0 radical (unpaired) electrons. The van der Waals surface area contributed by atoms with Crippen molar-refractivity contribution < 1.29 is 14.2 Å². The average molecular weight is 288 g/mol. The van der Waals surface area contributed by atoms with Gasteiger partial charge in [-0.2, -0.15) is 9.97 Å². The van der Waals surface area contributed by atoms with Crippen molar-refractivity contribution in [3.05, 3.63) is 11.5 Å². The Labute approximate surface area is 112 Å². The number of nitrogen functional groups attached to an aromatic ring is 1. The van der Waals surface area contributed by atoms with Crippen molar-refractivity contribution in [3.8, 4) is 0 Å². The average Bonchev–Trinajstić information content (AvgIpc) is 2.94. The number of aromatic nitrogens is 4. The van der Waals surface area contributed by atoms with E-state index in [1.54, 1.807) is 0 Å². The largest absolute Gasteiger partial charge is 0.393 e. The summed E-state index contributed by atoms with van der Waals surface area (Å²) in [5, 5.41) is 9.13. The minimum Gasteiger partial charge on any atom is -0.393 e. The smallest absolute Gasteiger partial charge is 0.223 e. The van der Waals surface area contributed by atoms with Crippen molar-refractivity contribution in [1.82, 2.24) is 19.5 Å². The maximum Gasteiger partial charge on any atom is 0.223 e. The van der Waals surface area contributed by atoms with E-state index in [9.17, 15) is 4.39 Å². The van der Waals surface area contributed by atoms with Crippen LogP contribution >= 0.6 is 11.6 Å². The van der Waals surface area contributed by atoms with Crippen molar-refractivity contribution in [2.24, 2.45) is 0 Å². The maximum absolute atomic E-state index is 14.0. The molecule has 0 aliphatic carbocycles. The van der Waals surface area contributed by atoms with Crippen LogP contribution in [0.4, 0.5) is 10.3 Å². The zero-order chi connectivity index (χ0) is 13.6. The van der Waals surface area contributed by atoms with Gasteiger partial charge in [0.1, 0.15) is 11.7 Å². The van der Waals surface area contributed by atoms with Crippen LogP contribution in [0.3, 0.4) is 0 Å². The van der Waals surface area contributed by atoms with Gasteiger partial charge in [-0.05, 0) is 0 Å². The van der Waals surface area contributed by atoms with Crippen LogP contribution < -0.4 is 5.73 Å². The maximum atomic E-state index is 14.0. The number of nitrogens with zero attached hydrogens (tertiary/aromatic N) is 4. The first-order valence-electron chi connectivity index (χ1n) is 5.59. The number of alkyl halides is 1. The summed E-state index contributed by atoms with van der Waals surface area (Å²) in [5.74, 6) is 0.00548. The Bertz CT molecular complexity index is 636. The summed E-state index contributed by atoms with van der Waals surface area (Å²) in [7, 11) is 0. The number of halogens is 2. The molecule has 3 rings (SSSR count). The Kier molecular flexibility index (Phi) is 2.80. The third-order valence-electron chi connectivity index (χ3n) is 3.06. The van der Waals surface area contributed by atoms with Gasteiger partial charge in [0.05, 0.1) is 19.5 Å². The molecule has 2 aromatic rings. The molecular formula is C10H11ClFN5O2. The van der Waals surface area contributed by atoms with Crippen LogP contribution in [0.1, 0.15) is 12.6 Å². The molecule has 19 heavy (non-hydrogen) atoms. The highest BCUT2D eigenvalue weighted by Gasteiger charge is 2.41. The molecule has 2 aromatic heterocycles. The molecule has 102 valence electrons. The second-order valence-corrected chi connectivity index (χ2v) is 4.83. The molecule has 0 bridgehead atoms. The van der Waals surface area contributed by atoms with Crippen LogP contribution in [-0.4, -0.2) is 43.5 Å². The zero-order valence-electron chi connectivity index (χ0n) is 9.75. The lowest BCUT2D eigenvalue weighted by molar-refractivity contribution is 0.0302. The Balaban J connectivity index is 2.03. The van der Waals surface area contributed by atoms with E-state index in [-0.39, 0.29) is 24.1 Å². The second-order valence-electron chi connectivity index (χ2n) is 4.48. The number of nitrogens with two attached hydrogens (primary N) is 1. The van der Waals surface area contributed by atoms with E-state index in [4.69, 9.17) is 27.2 Å². The highest BCUT2D eigenvalue weighted by Crippen LogP contribution is 2.35. The summed E-state index contributed by atoms with van der Waals surface area (Å²) >= 11 is 5.90. The number of hydrogen-bond donors (Lipinski definition) is 2. The number of fused-ring (bicyclic) bond motifs is 1. The molecule has 3 heterocycles. The Hall–Kier alpha value is -1.51. The van der Waals surface area contributed by atoms with Crippen molar-refractivity contribution in [1.29, 1.82) is 0 Å². The minimum absolute atomic E-state index is 0.00548. The predicted octanol–water partition coefficient (Wildman–Crippen LogP) is 0.681. The van der Waals surface area contributed by atoms with Gasteiger partial charge in [0.2, 0.25) is 5.95 Å². The predicted molar refractivity (Wildman–Crippen MR) is 65.3 cm³/mol. The summed E-state index contributed by atoms with van der Waals surface area (Å²) in [4.78, 5) is 11.9. The third kappa shape index (κ3) is 2.01. The summed E-state index contributed by atoms with van der Waals surface area (Å²) in [6.45, 7) is -0.768. The van der Waals surface area contributed by atoms with E-state index in [1.165, 1.54) is 10.9 Å². The number of aliphatic hydroxyl groups is 1. The summed E-state index contributed by atoms with van der Waals surface area (Å²) in [6.07, 6.45) is 0.849. The quantitative estimate of drug-likeness (QED) is 0.788. The Morgan fingerprint density at radius 2 is 2.42 bits per heavy atom. The fraction of sp³-hybridized carbons (Fsp3) is 0.500. The second kappa shape index (κ2) is 4.26. The lowest BCUT2D eigenvalue weighted by atomic mass is 10.1. The zero-order valence-corrected chi connectivity index (χ0v) is 10.5. The molecule has 9 heteroatoms. The fourth-order valence-electron chi connectivity index (χ4n) is 2.07. The van der Waals surface area contributed by atoms with Gasteiger partial charge in [-0.3, -0.25) is 4.57 Å². The van der Waals surface area contributed by atoms with Crippen LogP contribution in [0.15, 0.2) is 6.33 Å². The number of anilines is 1. The number of aliphatic hydroxyl groups excluding tert-OH is 1. The Morgan fingerprint density at radius 1 is 1.63 bits per heavy atom. The van der Waals surface area contributed by atoms with Crippen LogP contribution in [-0.2, 0) is 4.74 Å². The standard InChI is InChI=1S/C10H11ClFN5O2/c11-7-6-8(16-9(13)15-7)17(4-14-6)5-1-10(12,2-18)3-19-5/h4-5,18H,1-3H2,(H2,13,15,16). The molecular weight excluding hydrogens is 277 g/mol. The number of hydrogen-bond acceptors (Lipinski definition) is 6. The molecule has 3 N–H and O–H groups in total. The Morgan fingerprint density at radius 3 is 3.11 bits per heavy atom. The number of rotatable bonds is 2. The van der Waals surface area contributed by atoms with Crippen molar-refractivity contribution in [2.75, 3.05) is 18.9 Å². The topological polar surface area (TPSA) is 99.1 Å². The molecule has 0 amide bonds. The van der Waals surface area contributed by atoms with Crippen LogP contribution in [0.25, 0.3) is 11.2 Å². The number of ether oxygens (including phenoxy) is 1. The first-order valence-corrected chi connectivity index (χ1v) is 5.97. The third-order valence-corrected chi connectivity index (χ3v) is 3.33.